The summed E-state index contributed by atoms with van der Waals surface area (Å²) in [4.78, 5) is 18.6. The van der Waals surface area contributed by atoms with Crippen molar-refractivity contribution in [3.63, 3.8) is 0 Å². The SMILES string of the molecule is CCc1cc(N2CCC(N(C)CC)C2)nc(-c2ccccn2)n1. The van der Waals surface area contributed by atoms with Crippen LogP contribution in [-0.2, 0) is 6.42 Å². The molecule has 0 aliphatic carbocycles. The number of aryl methyl sites for hydroxylation is 1. The zero-order valence-electron chi connectivity index (χ0n) is 14.2. The number of anilines is 1. The average molecular weight is 311 g/mol. The highest BCUT2D eigenvalue weighted by molar-refractivity contribution is 5.54. The molecule has 5 heteroatoms. The molecule has 0 radical (unpaired) electrons. The molecule has 122 valence electrons. The van der Waals surface area contributed by atoms with E-state index in [1.165, 1.54) is 6.42 Å². The zero-order chi connectivity index (χ0) is 16.2. The van der Waals surface area contributed by atoms with Gasteiger partial charge in [-0.3, -0.25) is 4.98 Å². The number of likely N-dealkylation sites (N-methyl/N-ethyl adjacent to an activating group) is 1. The second-order valence-electron chi connectivity index (χ2n) is 6.07. The van der Waals surface area contributed by atoms with E-state index >= 15 is 0 Å². The van der Waals surface area contributed by atoms with E-state index in [-0.39, 0.29) is 0 Å². The summed E-state index contributed by atoms with van der Waals surface area (Å²) in [6.45, 7) is 7.51. The van der Waals surface area contributed by atoms with Crippen molar-refractivity contribution in [2.75, 3.05) is 31.6 Å². The topological polar surface area (TPSA) is 45.2 Å². The quantitative estimate of drug-likeness (QED) is 0.849. The summed E-state index contributed by atoms with van der Waals surface area (Å²) in [5.74, 6) is 1.76. The fraction of sp³-hybridized carbons (Fsp3) is 0.500. The van der Waals surface area contributed by atoms with E-state index in [2.05, 4.69) is 46.7 Å². The first-order chi connectivity index (χ1) is 11.2. The van der Waals surface area contributed by atoms with E-state index in [1.54, 1.807) is 6.20 Å². The van der Waals surface area contributed by atoms with Crippen LogP contribution in [0.1, 0.15) is 26.0 Å². The van der Waals surface area contributed by atoms with Crippen LogP contribution in [0.25, 0.3) is 11.5 Å². The number of pyridine rings is 1. The minimum Gasteiger partial charge on any atom is -0.355 e. The summed E-state index contributed by atoms with van der Waals surface area (Å²) in [7, 11) is 2.20. The first-order valence-corrected chi connectivity index (χ1v) is 8.45. The number of rotatable bonds is 5. The van der Waals surface area contributed by atoms with E-state index in [9.17, 15) is 0 Å². The fourth-order valence-electron chi connectivity index (χ4n) is 3.00. The first kappa shape index (κ1) is 15.9. The minimum absolute atomic E-state index is 0.610. The number of hydrogen-bond acceptors (Lipinski definition) is 5. The van der Waals surface area contributed by atoms with Gasteiger partial charge in [-0.25, -0.2) is 9.97 Å². The van der Waals surface area contributed by atoms with Crippen molar-refractivity contribution in [2.45, 2.75) is 32.7 Å². The Bertz CT molecular complexity index is 643. The third-order valence-electron chi connectivity index (χ3n) is 4.63. The Hall–Kier alpha value is -2.01. The second kappa shape index (κ2) is 7.04. The van der Waals surface area contributed by atoms with Crippen LogP contribution in [0, 0.1) is 0 Å². The highest BCUT2D eigenvalue weighted by Crippen LogP contribution is 2.24. The molecule has 0 spiro atoms. The van der Waals surface area contributed by atoms with E-state index in [0.717, 1.165) is 49.1 Å². The molecular formula is C18H25N5. The maximum atomic E-state index is 4.79. The lowest BCUT2D eigenvalue weighted by molar-refractivity contribution is 0.272. The summed E-state index contributed by atoms with van der Waals surface area (Å²) >= 11 is 0. The second-order valence-corrected chi connectivity index (χ2v) is 6.07. The van der Waals surface area contributed by atoms with Crippen molar-refractivity contribution in [3.05, 3.63) is 36.2 Å². The van der Waals surface area contributed by atoms with Gasteiger partial charge in [0.05, 0.1) is 0 Å². The maximum Gasteiger partial charge on any atom is 0.180 e. The van der Waals surface area contributed by atoms with E-state index in [0.29, 0.717) is 6.04 Å². The molecule has 3 heterocycles. The largest absolute Gasteiger partial charge is 0.355 e. The maximum absolute atomic E-state index is 4.79. The van der Waals surface area contributed by atoms with E-state index < -0.39 is 0 Å². The Morgan fingerprint density at radius 3 is 2.83 bits per heavy atom. The Balaban J connectivity index is 1.88. The molecule has 5 nitrogen and oxygen atoms in total. The normalized spacial score (nSPS) is 17.9. The number of nitrogens with zero attached hydrogens (tertiary/aromatic N) is 5. The van der Waals surface area contributed by atoms with Gasteiger partial charge >= 0.3 is 0 Å². The molecule has 1 aliphatic heterocycles. The van der Waals surface area contributed by atoms with Gasteiger partial charge in [0.2, 0.25) is 0 Å². The molecule has 0 aromatic carbocycles. The fourth-order valence-corrected chi connectivity index (χ4v) is 3.00. The van der Waals surface area contributed by atoms with Gasteiger partial charge in [-0.15, -0.1) is 0 Å². The van der Waals surface area contributed by atoms with Crippen molar-refractivity contribution < 1.29 is 0 Å². The van der Waals surface area contributed by atoms with Crippen LogP contribution in [0.5, 0.6) is 0 Å². The highest BCUT2D eigenvalue weighted by atomic mass is 15.3. The smallest absolute Gasteiger partial charge is 0.180 e. The van der Waals surface area contributed by atoms with Crippen molar-refractivity contribution in [1.82, 2.24) is 19.9 Å². The minimum atomic E-state index is 0.610. The van der Waals surface area contributed by atoms with Gasteiger partial charge in [0.1, 0.15) is 11.5 Å². The Morgan fingerprint density at radius 2 is 2.13 bits per heavy atom. The summed E-state index contributed by atoms with van der Waals surface area (Å²) in [6, 6.07) is 8.60. The van der Waals surface area contributed by atoms with Crippen molar-refractivity contribution in [3.8, 4) is 11.5 Å². The van der Waals surface area contributed by atoms with Crippen molar-refractivity contribution in [1.29, 1.82) is 0 Å². The van der Waals surface area contributed by atoms with Gasteiger partial charge in [-0.1, -0.05) is 19.9 Å². The van der Waals surface area contributed by atoms with Gasteiger partial charge in [0, 0.05) is 37.1 Å². The molecule has 23 heavy (non-hydrogen) atoms. The third-order valence-corrected chi connectivity index (χ3v) is 4.63. The highest BCUT2D eigenvalue weighted by Gasteiger charge is 2.26. The molecule has 1 atom stereocenters. The Kier molecular flexibility index (Phi) is 4.86. The van der Waals surface area contributed by atoms with Gasteiger partial charge < -0.3 is 9.80 Å². The van der Waals surface area contributed by atoms with Gasteiger partial charge in [-0.05, 0) is 38.6 Å². The molecule has 3 rings (SSSR count). The average Bonchev–Trinajstić information content (AvgIpc) is 3.11. The van der Waals surface area contributed by atoms with Crippen LogP contribution in [-0.4, -0.2) is 52.6 Å². The number of aromatic nitrogens is 3. The number of hydrogen-bond donors (Lipinski definition) is 0. The third kappa shape index (κ3) is 3.50. The monoisotopic (exact) mass is 311 g/mol. The van der Waals surface area contributed by atoms with Gasteiger partial charge in [0.25, 0.3) is 0 Å². The lowest BCUT2D eigenvalue weighted by Crippen LogP contribution is -2.34. The van der Waals surface area contributed by atoms with Crippen LogP contribution in [0.2, 0.25) is 0 Å². The van der Waals surface area contributed by atoms with Crippen LogP contribution in [0.15, 0.2) is 30.5 Å². The Labute approximate surface area is 138 Å². The molecule has 0 amide bonds. The molecule has 0 saturated carbocycles. The van der Waals surface area contributed by atoms with Crippen molar-refractivity contribution in [2.24, 2.45) is 0 Å². The van der Waals surface area contributed by atoms with Crippen LogP contribution in [0.3, 0.4) is 0 Å². The molecule has 2 aromatic rings. The molecule has 1 unspecified atom stereocenters. The molecule has 1 aliphatic rings. The zero-order valence-corrected chi connectivity index (χ0v) is 14.2. The van der Waals surface area contributed by atoms with E-state index in [4.69, 9.17) is 4.98 Å². The Morgan fingerprint density at radius 1 is 1.26 bits per heavy atom. The van der Waals surface area contributed by atoms with Gasteiger partial charge in [-0.2, -0.15) is 0 Å². The summed E-state index contributed by atoms with van der Waals surface area (Å²) in [6.07, 6.45) is 3.88. The molecular weight excluding hydrogens is 286 g/mol. The molecule has 1 saturated heterocycles. The summed E-state index contributed by atoms with van der Waals surface area (Å²) < 4.78 is 0. The molecule has 0 N–H and O–H groups in total. The van der Waals surface area contributed by atoms with Crippen LogP contribution >= 0.6 is 0 Å². The molecule has 1 fully saturated rings. The van der Waals surface area contributed by atoms with Crippen LogP contribution in [0.4, 0.5) is 5.82 Å². The molecule has 0 bridgehead atoms. The van der Waals surface area contributed by atoms with Crippen LogP contribution < -0.4 is 4.90 Å². The van der Waals surface area contributed by atoms with Gasteiger partial charge in [0.15, 0.2) is 5.82 Å². The first-order valence-electron chi connectivity index (χ1n) is 8.45. The predicted molar refractivity (Wildman–Crippen MR) is 93.6 cm³/mol. The lowest BCUT2D eigenvalue weighted by atomic mass is 10.2. The van der Waals surface area contributed by atoms with Crippen molar-refractivity contribution >= 4 is 5.82 Å². The predicted octanol–water partition coefficient (Wildman–Crippen LogP) is 2.63. The summed E-state index contributed by atoms with van der Waals surface area (Å²) in [5.41, 5.74) is 1.91. The lowest BCUT2D eigenvalue weighted by Gasteiger charge is -2.23. The summed E-state index contributed by atoms with van der Waals surface area (Å²) in [5, 5.41) is 0. The molecule has 2 aromatic heterocycles. The van der Waals surface area contributed by atoms with E-state index in [1.807, 2.05) is 18.2 Å². The standard InChI is InChI=1S/C18H25N5/c1-4-14-12-17(23-11-9-15(13-23)22(3)5-2)21-18(20-14)16-8-6-7-10-19-16/h6-8,10,12,15H,4-5,9,11,13H2,1-3H3.